The summed E-state index contributed by atoms with van der Waals surface area (Å²) < 4.78 is 10.7. The molecule has 3 rings (SSSR count). The van der Waals surface area contributed by atoms with Crippen molar-refractivity contribution < 1.29 is 9.47 Å². The molecule has 0 saturated carbocycles. The Bertz CT molecular complexity index is 709. The van der Waals surface area contributed by atoms with Crippen molar-refractivity contribution in [3.8, 4) is 11.5 Å². The lowest BCUT2D eigenvalue weighted by Crippen LogP contribution is -2.46. The van der Waals surface area contributed by atoms with Crippen LogP contribution < -0.4 is 20.1 Å². The molecule has 2 heterocycles. The van der Waals surface area contributed by atoms with Gasteiger partial charge in [-0.2, -0.15) is 4.98 Å². The average Bonchev–Trinajstić information content (AvgIpc) is 2.61. The number of rotatable bonds is 5. The lowest BCUT2D eigenvalue weighted by atomic mass is 10.1. The number of anilines is 2. The van der Waals surface area contributed by atoms with Crippen LogP contribution in [0.2, 0.25) is 0 Å². The highest BCUT2D eigenvalue weighted by molar-refractivity contribution is 5.44. The Balaban J connectivity index is 1.61. The van der Waals surface area contributed by atoms with Gasteiger partial charge in [-0.1, -0.05) is 6.07 Å². The van der Waals surface area contributed by atoms with E-state index in [1.807, 2.05) is 25.1 Å². The summed E-state index contributed by atoms with van der Waals surface area (Å²) in [6.45, 7) is 6.61. The molecule has 1 aromatic carbocycles. The number of piperazine rings is 1. The molecule has 0 spiro atoms. The van der Waals surface area contributed by atoms with Crippen LogP contribution in [0.25, 0.3) is 0 Å². The summed E-state index contributed by atoms with van der Waals surface area (Å²) >= 11 is 0. The quantitative estimate of drug-likeness (QED) is 0.885. The van der Waals surface area contributed by atoms with Crippen molar-refractivity contribution in [2.45, 2.75) is 13.5 Å². The lowest BCUT2D eigenvalue weighted by molar-refractivity contribution is 0.248. The molecule has 1 fully saturated rings. The number of aryl methyl sites for hydroxylation is 1. The molecule has 1 aliphatic heterocycles. The van der Waals surface area contributed by atoms with Gasteiger partial charge in [-0.05, 0) is 24.6 Å². The summed E-state index contributed by atoms with van der Waals surface area (Å²) in [4.78, 5) is 13.2. The number of aromatic nitrogens is 2. The number of methoxy groups -OCH3 is 2. The molecule has 0 bridgehead atoms. The first-order chi connectivity index (χ1) is 12.1. The molecule has 0 aliphatic carbocycles. The molecule has 1 aliphatic rings. The van der Waals surface area contributed by atoms with Gasteiger partial charge in [0.15, 0.2) is 11.5 Å². The molecule has 0 unspecified atom stereocenters. The van der Waals surface area contributed by atoms with Gasteiger partial charge in [0.05, 0.1) is 14.2 Å². The summed E-state index contributed by atoms with van der Waals surface area (Å²) in [5, 5.41) is 0. The Hall–Kier alpha value is -2.54. The zero-order valence-electron chi connectivity index (χ0n) is 15.0. The minimum atomic E-state index is 0.336. The number of ether oxygens (including phenoxy) is 2. The van der Waals surface area contributed by atoms with E-state index in [1.165, 1.54) is 5.56 Å². The number of nitrogens with two attached hydrogens (primary N) is 1. The van der Waals surface area contributed by atoms with Crippen LogP contribution in [0.3, 0.4) is 0 Å². The largest absolute Gasteiger partial charge is 0.493 e. The maximum Gasteiger partial charge on any atom is 0.222 e. The smallest absolute Gasteiger partial charge is 0.222 e. The fraction of sp³-hybridized carbons (Fsp3) is 0.444. The van der Waals surface area contributed by atoms with E-state index in [2.05, 4.69) is 25.8 Å². The normalized spacial score (nSPS) is 15.2. The van der Waals surface area contributed by atoms with Crippen molar-refractivity contribution in [3.05, 3.63) is 35.5 Å². The molecule has 2 N–H and O–H groups in total. The zero-order chi connectivity index (χ0) is 17.8. The highest BCUT2D eigenvalue weighted by atomic mass is 16.5. The molecule has 0 atom stereocenters. The summed E-state index contributed by atoms with van der Waals surface area (Å²) in [6.07, 6.45) is 0. The van der Waals surface area contributed by atoms with Gasteiger partial charge in [-0.3, -0.25) is 4.90 Å². The molecule has 0 radical (unpaired) electrons. The van der Waals surface area contributed by atoms with Gasteiger partial charge >= 0.3 is 0 Å². The van der Waals surface area contributed by atoms with Gasteiger partial charge in [0.25, 0.3) is 0 Å². The van der Waals surface area contributed by atoms with E-state index in [4.69, 9.17) is 15.2 Å². The van der Waals surface area contributed by atoms with E-state index in [1.54, 1.807) is 14.2 Å². The summed E-state index contributed by atoms with van der Waals surface area (Å²) in [7, 11) is 3.31. The maximum atomic E-state index is 5.77. The molecule has 2 aromatic rings. The predicted molar refractivity (Wildman–Crippen MR) is 98.2 cm³/mol. The van der Waals surface area contributed by atoms with Crippen LogP contribution in [0.1, 0.15) is 11.3 Å². The standard InChI is InChI=1S/C18H25N5O2/c1-13-10-17(21-18(19)20-13)23-8-6-22(7-9-23)12-14-4-5-15(24-2)16(11-14)25-3/h4-5,10-11H,6-9,12H2,1-3H3,(H2,19,20,21). The Morgan fingerprint density at radius 2 is 1.72 bits per heavy atom. The fourth-order valence-electron chi connectivity index (χ4n) is 3.11. The third kappa shape index (κ3) is 4.11. The van der Waals surface area contributed by atoms with E-state index in [0.717, 1.165) is 55.7 Å². The lowest BCUT2D eigenvalue weighted by Gasteiger charge is -2.35. The Kier molecular flexibility index (Phi) is 5.23. The maximum absolute atomic E-state index is 5.77. The van der Waals surface area contributed by atoms with E-state index in [0.29, 0.717) is 5.95 Å². The van der Waals surface area contributed by atoms with Gasteiger partial charge in [-0.25, -0.2) is 4.98 Å². The van der Waals surface area contributed by atoms with Gasteiger partial charge in [0.2, 0.25) is 5.95 Å². The van der Waals surface area contributed by atoms with Crippen molar-refractivity contribution in [3.63, 3.8) is 0 Å². The third-order valence-corrected chi connectivity index (χ3v) is 4.41. The minimum absolute atomic E-state index is 0.336. The number of nitrogen functional groups attached to an aromatic ring is 1. The van der Waals surface area contributed by atoms with Crippen LogP contribution >= 0.6 is 0 Å². The first kappa shape index (κ1) is 17.3. The molecule has 1 saturated heterocycles. The second-order valence-electron chi connectivity index (χ2n) is 6.18. The molecule has 0 amide bonds. The monoisotopic (exact) mass is 343 g/mol. The number of hydrogen-bond donors (Lipinski definition) is 1. The van der Waals surface area contributed by atoms with Crippen molar-refractivity contribution in [1.29, 1.82) is 0 Å². The van der Waals surface area contributed by atoms with Crippen LogP contribution in [0.15, 0.2) is 24.3 Å². The Morgan fingerprint density at radius 1 is 1.00 bits per heavy atom. The Morgan fingerprint density at radius 3 is 2.36 bits per heavy atom. The van der Waals surface area contributed by atoms with Gasteiger partial charge in [0.1, 0.15) is 5.82 Å². The molecule has 1 aromatic heterocycles. The van der Waals surface area contributed by atoms with Gasteiger partial charge in [0, 0.05) is 44.5 Å². The van der Waals surface area contributed by atoms with Gasteiger partial charge in [-0.15, -0.1) is 0 Å². The first-order valence-electron chi connectivity index (χ1n) is 8.38. The minimum Gasteiger partial charge on any atom is -0.493 e. The molecule has 134 valence electrons. The summed E-state index contributed by atoms with van der Waals surface area (Å²) in [5.74, 6) is 2.77. The van der Waals surface area contributed by atoms with E-state index < -0.39 is 0 Å². The highest BCUT2D eigenvalue weighted by Crippen LogP contribution is 2.28. The molecule has 25 heavy (non-hydrogen) atoms. The molecule has 7 nitrogen and oxygen atoms in total. The number of benzene rings is 1. The Labute approximate surface area is 148 Å². The zero-order valence-corrected chi connectivity index (χ0v) is 15.0. The molecular formula is C18H25N5O2. The third-order valence-electron chi connectivity index (χ3n) is 4.41. The van der Waals surface area contributed by atoms with Crippen LogP contribution in [0, 0.1) is 6.92 Å². The second kappa shape index (κ2) is 7.57. The first-order valence-corrected chi connectivity index (χ1v) is 8.38. The van der Waals surface area contributed by atoms with Crippen molar-refractivity contribution in [2.24, 2.45) is 0 Å². The number of hydrogen-bond acceptors (Lipinski definition) is 7. The van der Waals surface area contributed by atoms with E-state index in [-0.39, 0.29) is 0 Å². The van der Waals surface area contributed by atoms with Crippen LogP contribution in [0.5, 0.6) is 11.5 Å². The van der Waals surface area contributed by atoms with Crippen molar-refractivity contribution >= 4 is 11.8 Å². The fourth-order valence-corrected chi connectivity index (χ4v) is 3.11. The predicted octanol–water partition coefficient (Wildman–Crippen LogP) is 1.71. The molecular weight excluding hydrogens is 318 g/mol. The van der Waals surface area contributed by atoms with Crippen molar-refractivity contribution in [2.75, 3.05) is 51.0 Å². The topological polar surface area (TPSA) is 76.7 Å². The summed E-state index contributed by atoms with van der Waals surface area (Å²) in [6, 6.07) is 8.07. The van der Waals surface area contributed by atoms with E-state index >= 15 is 0 Å². The van der Waals surface area contributed by atoms with Crippen LogP contribution in [-0.2, 0) is 6.54 Å². The SMILES string of the molecule is COc1ccc(CN2CCN(c3cc(C)nc(N)n3)CC2)cc1OC. The highest BCUT2D eigenvalue weighted by Gasteiger charge is 2.19. The molecule has 7 heteroatoms. The number of nitrogens with zero attached hydrogens (tertiary/aromatic N) is 4. The van der Waals surface area contributed by atoms with Crippen LogP contribution in [0.4, 0.5) is 11.8 Å². The average molecular weight is 343 g/mol. The second-order valence-corrected chi connectivity index (χ2v) is 6.18. The van der Waals surface area contributed by atoms with Crippen molar-refractivity contribution in [1.82, 2.24) is 14.9 Å². The van der Waals surface area contributed by atoms with Gasteiger partial charge < -0.3 is 20.1 Å². The van der Waals surface area contributed by atoms with Crippen LogP contribution in [-0.4, -0.2) is 55.3 Å². The summed E-state index contributed by atoms with van der Waals surface area (Å²) in [5.41, 5.74) is 7.88. The van der Waals surface area contributed by atoms with E-state index in [9.17, 15) is 0 Å².